The second-order valence-electron chi connectivity index (χ2n) is 3.20. The van der Waals surface area contributed by atoms with Gasteiger partial charge in [-0.3, -0.25) is 0 Å². The predicted molar refractivity (Wildman–Crippen MR) is 57.2 cm³/mol. The molecule has 2 N–H and O–H groups in total. The number of rotatable bonds is 5. The van der Waals surface area contributed by atoms with Crippen molar-refractivity contribution in [2.24, 2.45) is 0 Å². The van der Waals surface area contributed by atoms with Gasteiger partial charge in [-0.1, -0.05) is 0 Å². The zero-order chi connectivity index (χ0) is 9.68. The third-order valence-corrected chi connectivity index (χ3v) is 3.16. The Hall–Kier alpha value is -0.380. The van der Waals surface area contributed by atoms with E-state index in [2.05, 4.69) is 31.3 Å². The van der Waals surface area contributed by atoms with Crippen LogP contribution in [0.2, 0.25) is 0 Å². The van der Waals surface area contributed by atoms with E-state index in [0.717, 1.165) is 13.0 Å². The average Bonchev–Trinajstić information content (AvgIpc) is 2.52. The molecule has 0 unspecified atom stereocenters. The summed E-state index contributed by atoms with van der Waals surface area (Å²) in [6.07, 6.45) is 0.828. The summed E-state index contributed by atoms with van der Waals surface area (Å²) in [6, 6.07) is 4.71. The molecule has 13 heavy (non-hydrogen) atoms. The van der Waals surface area contributed by atoms with Crippen molar-refractivity contribution >= 4 is 11.3 Å². The summed E-state index contributed by atoms with van der Waals surface area (Å²) in [5.41, 5.74) is 0. The number of hydrogen-bond donors (Lipinski definition) is 2. The average molecular weight is 199 g/mol. The van der Waals surface area contributed by atoms with Crippen LogP contribution in [0.4, 0.5) is 0 Å². The molecule has 0 aliphatic rings. The largest absolute Gasteiger partial charge is 0.396 e. The Balaban J connectivity index is 2.35. The summed E-state index contributed by atoms with van der Waals surface area (Å²) >= 11 is 1.83. The zero-order valence-corrected chi connectivity index (χ0v) is 9.03. The monoisotopic (exact) mass is 199 g/mol. The van der Waals surface area contributed by atoms with Crippen molar-refractivity contribution in [3.8, 4) is 0 Å². The van der Waals surface area contributed by atoms with Crippen LogP contribution < -0.4 is 5.32 Å². The van der Waals surface area contributed by atoms with Crippen LogP contribution in [0.1, 0.15) is 29.1 Å². The second kappa shape index (κ2) is 5.37. The van der Waals surface area contributed by atoms with Gasteiger partial charge >= 0.3 is 0 Å². The van der Waals surface area contributed by atoms with Crippen LogP contribution in [0.3, 0.4) is 0 Å². The molecular weight excluding hydrogens is 182 g/mol. The number of hydrogen-bond acceptors (Lipinski definition) is 3. The Kier molecular flexibility index (Phi) is 4.42. The topological polar surface area (TPSA) is 32.3 Å². The molecule has 0 radical (unpaired) electrons. The molecule has 0 bridgehead atoms. The first kappa shape index (κ1) is 10.7. The Morgan fingerprint density at radius 1 is 1.54 bits per heavy atom. The van der Waals surface area contributed by atoms with Gasteiger partial charge in [0.15, 0.2) is 0 Å². The number of thiophene rings is 1. The van der Waals surface area contributed by atoms with E-state index in [-0.39, 0.29) is 6.61 Å². The SMILES string of the molecule is Cc1ccc([C@H](C)NCCCO)s1. The summed E-state index contributed by atoms with van der Waals surface area (Å²) in [5, 5.41) is 12.0. The lowest BCUT2D eigenvalue weighted by molar-refractivity contribution is 0.284. The molecule has 0 aromatic carbocycles. The molecular formula is C10H17NOS. The minimum atomic E-state index is 0.267. The van der Waals surface area contributed by atoms with Crippen molar-refractivity contribution < 1.29 is 5.11 Å². The van der Waals surface area contributed by atoms with Crippen molar-refractivity contribution in [1.82, 2.24) is 5.32 Å². The highest BCUT2D eigenvalue weighted by Gasteiger charge is 2.05. The molecule has 1 rings (SSSR count). The molecule has 0 aliphatic heterocycles. The van der Waals surface area contributed by atoms with E-state index < -0.39 is 0 Å². The Morgan fingerprint density at radius 2 is 2.31 bits per heavy atom. The van der Waals surface area contributed by atoms with E-state index in [0.29, 0.717) is 6.04 Å². The summed E-state index contributed by atoms with van der Waals surface area (Å²) in [6.45, 7) is 5.43. The fourth-order valence-electron chi connectivity index (χ4n) is 1.18. The molecule has 0 fully saturated rings. The molecule has 0 amide bonds. The quantitative estimate of drug-likeness (QED) is 0.712. The molecule has 0 aliphatic carbocycles. The Labute approximate surface area is 83.6 Å². The first-order valence-corrected chi connectivity index (χ1v) is 5.46. The minimum Gasteiger partial charge on any atom is -0.396 e. The lowest BCUT2D eigenvalue weighted by atomic mass is 10.2. The van der Waals surface area contributed by atoms with Crippen LogP contribution >= 0.6 is 11.3 Å². The van der Waals surface area contributed by atoms with E-state index in [4.69, 9.17) is 5.11 Å². The molecule has 2 nitrogen and oxygen atoms in total. The maximum Gasteiger partial charge on any atom is 0.0443 e. The number of nitrogens with one attached hydrogen (secondary N) is 1. The van der Waals surface area contributed by atoms with E-state index >= 15 is 0 Å². The summed E-state index contributed by atoms with van der Waals surface area (Å²) in [7, 11) is 0. The van der Waals surface area contributed by atoms with Crippen molar-refractivity contribution in [3.63, 3.8) is 0 Å². The highest BCUT2D eigenvalue weighted by atomic mass is 32.1. The number of aliphatic hydroxyl groups is 1. The van der Waals surface area contributed by atoms with Gasteiger partial charge in [-0.25, -0.2) is 0 Å². The molecule has 0 spiro atoms. The van der Waals surface area contributed by atoms with Gasteiger partial charge in [-0.15, -0.1) is 11.3 Å². The maximum atomic E-state index is 8.62. The summed E-state index contributed by atoms with van der Waals surface area (Å²) in [5.74, 6) is 0. The smallest absolute Gasteiger partial charge is 0.0443 e. The molecule has 0 saturated heterocycles. The second-order valence-corrected chi connectivity index (χ2v) is 4.52. The Bertz CT molecular complexity index is 247. The van der Waals surface area contributed by atoms with Crippen LogP contribution in [0, 0.1) is 6.92 Å². The summed E-state index contributed by atoms with van der Waals surface area (Å²) in [4.78, 5) is 2.72. The lowest BCUT2D eigenvalue weighted by Crippen LogP contribution is -2.19. The maximum absolute atomic E-state index is 8.62. The normalized spacial score (nSPS) is 13.2. The van der Waals surface area contributed by atoms with Gasteiger partial charge in [0.25, 0.3) is 0 Å². The lowest BCUT2D eigenvalue weighted by Gasteiger charge is -2.10. The van der Waals surface area contributed by atoms with Crippen molar-refractivity contribution in [2.45, 2.75) is 26.3 Å². The fraction of sp³-hybridized carbons (Fsp3) is 0.600. The van der Waals surface area contributed by atoms with E-state index in [1.54, 1.807) is 0 Å². The van der Waals surface area contributed by atoms with E-state index in [1.165, 1.54) is 9.75 Å². The highest BCUT2D eigenvalue weighted by molar-refractivity contribution is 7.12. The van der Waals surface area contributed by atoms with Crippen molar-refractivity contribution in [3.05, 3.63) is 21.9 Å². The van der Waals surface area contributed by atoms with Gasteiger partial charge in [0, 0.05) is 22.4 Å². The van der Waals surface area contributed by atoms with Gasteiger partial charge in [-0.05, 0) is 38.9 Å². The molecule has 1 heterocycles. The van der Waals surface area contributed by atoms with Crippen LogP contribution in [0.5, 0.6) is 0 Å². The molecule has 0 saturated carbocycles. The first-order valence-electron chi connectivity index (χ1n) is 4.64. The third kappa shape index (κ3) is 3.46. The van der Waals surface area contributed by atoms with Crippen LogP contribution in [-0.2, 0) is 0 Å². The van der Waals surface area contributed by atoms with Gasteiger partial charge in [0.2, 0.25) is 0 Å². The van der Waals surface area contributed by atoms with E-state index in [1.807, 2.05) is 11.3 Å². The molecule has 1 aromatic rings. The van der Waals surface area contributed by atoms with Crippen molar-refractivity contribution in [2.75, 3.05) is 13.2 Å². The summed E-state index contributed by atoms with van der Waals surface area (Å²) < 4.78 is 0. The Morgan fingerprint density at radius 3 is 2.85 bits per heavy atom. The van der Waals surface area contributed by atoms with Crippen LogP contribution in [0.15, 0.2) is 12.1 Å². The first-order chi connectivity index (χ1) is 6.24. The van der Waals surface area contributed by atoms with Gasteiger partial charge in [-0.2, -0.15) is 0 Å². The molecule has 3 heteroatoms. The number of aliphatic hydroxyl groups excluding tert-OH is 1. The minimum absolute atomic E-state index is 0.267. The molecule has 74 valence electrons. The van der Waals surface area contributed by atoms with E-state index in [9.17, 15) is 0 Å². The van der Waals surface area contributed by atoms with Crippen molar-refractivity contribution in [1.29, 1.82) is 0 Å². The number of aryl methyl sites for hydroxylation is 1. The molecule has 1 atom stereocenters. The third-order valence-electron chi connectivity index (χ3n) is 1.97. The van der Waals surface area contributed by atoms with Gasteiger partial charge in [0.1, 0.15) is 0 Å². The van der Waals surface area contributed by atoms with Crippen LogP contribution in [0.25, 0.3) is 0 Å². The predicted octanol–water partition coefficient (Wildman–Crippen LogP) is 2.09. The van der Waals surface area contributed by atoms with Gasteiger partial charge in [0.05, 0.1) is 0 Å². The van der Waals surface area contributed by atoms with Gasteiger partial charge < -0.3 is 10.4 Å². The standard InChI is InChI=1S/C10H17NOS/c1-8-4-5-10(13-8)9(2)11-6-3-7-12/h4-5,9,11-12H,3,6-7H2,1-2H3/t9-/m0/s1. The zero-order valence-electron chi connectivity index (χ0n) is 8.21. The molecule has 1 aromatic heterocycles. The van der Waals surface area contributed by atoms with Crippen LogP contribution in [-0.4, -0.2) is 18.3 Å². The fourth-order valence-corrected chi connectivity index (χ4v) is 2.09. The highest BCUT2D eigenvalue weighted by Crippen LogP contribution is 2.21.